The number of hydrogen-bond donors (Lipinski definition) is 0. The van der Waals surface area contributed by atoms with Crippen LogP contribution in [0.1, 0.15) is 22.5 Å². The lowest BCUT2D eigenvalue weighted by Crippen LogP contribution is -2.09. The van der Waals surface area contributed by atoms with E-state index in [9.17, 15) is 22.4 Å². The molecule has 0 aliphatic rings. The first-order chi connectivity index (χ1) is 7.93. The molecule has 0 radical (unpaired) electrons. The lowest BCUT2D eigenvalue weighted by Gasteiger charge is -2.08. The van der Waals surface area contributed by atoms with Crippen LogP contribution >= 0.6 is 0 Å². The number of ether oxygens (including phenoxy) is 2. The zero-order valence-electron chi connectivity index (χ0n) is 8.49. The van der Waals surface area contributed by atoms with Gasteiger partial charge in [0.1, 0.15) is 5.69 Å². The molecule has 0 amide bonds. The van der Waals surface area contributed by atoms with Gasteiger partial charge in [-0.3, -0.25) is 0 Å². The van der Waals surface area contributed by atoms with Crippen LogP contribution in [0.15, 0.2) is 12.1 Å². The van der Waals surface area contributed by atoms with Gasteiger partial charge in [-0.1, -0.05) is 0 Å². The number of hydrogen-bond acceptors (Lipinski definition) is 4. The topological polar surface area (TPSA) is 48.4 Å². The summed E-state index contributed by atoms with van der Waals surface area (Å²) in [6, 6.07) is 1.54. The monoisotopic (exact) mass is 253 g/mol. The van der Waals surface area contributed by atoms with E-state index in [4.69, 9.17) is 0 Å². The average molecular weight is 253 g/mol. The lowest BCUT2D eigenvalue weighted by atomic mass is 10.2. The van der Waals surface area contributed by atoms with Crippen LogP contribution in [0.4, 0.5) is 17.6 Å². The molecule has 94 valence electrons. The molecule has 0 N–H and O–H groups in total. The van der Waals surface area contributed by atoms with Crippen LogP contribution in [0, 0.1) is 0 Å². The normalized spacial score (nSPS) is 10.8. The Kier molecular flexibility index (Phi) is 4.24. The van der Waals surface area contributed by atoms with Crippen molar-refractivity contribution in [1.29, 1.82) is 0 Å². The van der Waals surface area contributed by atoms with Crippen LogP contribution in [-0.4, -0.2) is 24.7 Å². The second kappa shape index (κ2) is 5.46. The molecule has 1 aromatic heterocycles. The van der Waals surface area contributed by atoms with Crippen molar-refractivity contribution < 1.29 is 31.8 Å². The van der Waals surface area contributed by atoms with E-state index >= 15 is 0 Å². The maximum absolute atomic E-state index is 12.4. The molecule has 0 bridgehead atoms. The minimum Gasteiger partial charge on any atom is -0.465 e. The number of methoxy groups -OCH3 is 1. The molecule has 0 aliphatic heterocycles. The van der Waals surface area contributed by atoms with E-state index in [1.165, 1.54) is 0 Å². The maximum Gasteiger partial charge on any atom is 0.388 e. The fraction of sp³-hybridized carbons (Fsp3) is 0.333. The molecule has 0 saturated heterocycles. The maximum atomic E-state index is 12.4. The first-order valence-corrected chi connectivity index (χ1v) is 4.27. The Morgan fingerprint density at radius 1 is 1.29 bits per heavy atom. The van der Waals surface area contributed by atoms with Gasteiger partial charge in [0.05, 0.1) is 12.7 Å². The summed E-state index contributed by atoms with van der Waals surface area (Å²) >= 11 is 0. The van der Waals surface area contributed by atoms with Gasteiger partial charge >= 0.3 is 12.6 Å². The summed E-state index contributed by atoms with van der Waals surface area (Å²) in [6.07, 6.45) is -3.01. The molecule has 4 nitrogen and oxygen atoms in total. The number of pyridine rings is 1. The van der Waals surface area contributed by atoms with Crippen LogP contribution in [0.3, 0.4) is 0 Å². The summed E-state index contributed by atoms with van der Waals surface area (Å²) in [7, 11) is 1.03. The molecule has 0 spiro atoms. The smallest absolute Gasteiger partial charge is 0.388 e. The molecule has 0 aromatic carbocycles. The molecule has 1 aromatic rings. The van der Waals surface area contributed by atoms with Gasteiger partial charge < -0.3 is 9.47 Å². The van der Waals surface area contributed by atoms with Gasteiger partial charge in [0.25, 0.3) is 6.43 Å². The largest absolute Gasteiger partial charge is 0.465 e. The summed E-state index contributed by atoms with van der Waals surface area (Å²) in [6.45, 7) is -3.22. The third-order valence-corrected chi connectivity index (χ3v) is 1.68. The standard InChI is InChI=1S/C9H7F4NO3/c1-16-8(15)4-2-5(7(10)11)14-6(3-4)17-9(12)13/h2-3,7,9H,1H3. The summed E-state index contributed by atoms with van der Waals surface area (Å²) in [5, 5.41) is 0. The van der Waals surface area contributed by atoms with Crippen molar-refractivity contribution in [2.45, 2.75) is 13.0 Å². The molecule has 0 aliphatic carbocycles. The minimum absolute atomic E-state index is 0.339. The first kappa shape index (κ1) is 13.2. The number of esters is 1. The van der Waals surface area contributed by atoms with E-state index in [-0.39, 0.29) is 5.56 Å². The van der Waals surface area contributed by atoms with Crippen molar-refractivity contribution in [1.82, 2.24) is 4.98 Å². The van der Waals surface area contributed by atoms with E-state index in [1.54, 1.807) is 0 Å². The van der Waals surface area contributed by atoms with Crippen LogP contribution in [0.25, 0.3) is 0 Å². The Morgan fingerprint density at radius 3 is 2.41 bits per heavy atom. The summed E-state index contributed by atoms with van der Waals surface area (Å²) in [4.78, 5) is 14.2. The molecule has 1 heterocycles. The number of aromatic nitrogens is 1. The van der Waals surface area contributed by atoms with Gasteiger partial charge in [0, 0.05) is 6.07 Å². The quantitative estimate of drug-likeness (QED) is 0.610. The number of rotatable bonds is 4. The average Bonchev–Trinajstić information content (AvgIpc) is 2.26. The van der Waals surface area contributed by atoms with Gasteiger partial charge in [0.15, 0.2) is 0 Å². The highest BCUT2D eigenvalue weighted by atomic mass is 19.3. The van der Waals surface area contributed by atoms with Gasteiger partial charge in [0.2, 0.25) is 5.88 Å². The van der Waals surface area contributed by atoms with E-state index in [1.807, 2.05) is 0 Å². The molecule has 0 unspecified atom stereocenters. The Balaban J connectivity index is 3.14. The van der Waals surface area contributed by atoms with E-state index in [0.717, 1.165) is 19.2 Å². The zero-order chi connectivity index (χ0) is 13.0. The Hall–Kier alpha value is -1.86. The summed E-state index contributed by atoms with van der Waals surface area (Å²) < 4.78 is 56.7. The molecule has 17 heavy (non-hydrogen) atoms. The van der Waals surface area contributed by atoms with Crippen molar-refractivity contribution in [3.63, 3.8) is 0 Å². The number of nitrogens with zero attached hydrogens (tertiary/aromatic N) is 1. The number of carbonyl (C=O) groups is 1. The number of carbonyl (C=O) groups excluding carboxylic acids is 1. The fourth-order valence-electron chi connectivity index (χ4n) is 1.02. The molecule has 1 rings (SSSR count). The molecule has 0 saturated carbocycles. The van der Waals surface area contributed by atoms with E-state index in [2.05, 4.69) is 14.5 Å². The third kappa shape index (κ3) is 3.58. The van der Waals surface area contributed by atoms with Crippen LogP contribution in [-0.2, 0) is 4.74 Å². The van der Waals surface area contributed by atoms with Crippen molar-refractivity contribution in [2.75, 3.05) is 7.11 Å². The molecular weight excluding hydrogens is 246 g/mol. The third-order valence-electron chi connectivity index (χ3n) is 1.68. The second-order valence-electron chi connectivity index (χ2n) is 2.79. The zero-order valence-corrected chi connectivity index (χ0v) is 8.49. The predicted octanol–water partition coefficient (Wildman–Crippen LogP) is 2.41. The summed E-state index contributed by atoms with van der Waals surface area (Å²) in [5.74, 6) is -1.72. The van der Waals surface area contributed by atoms with Crippen molar-refractivity contribution in [3.05, 3.63) is 23.4 Å². The highest BCUT2D eigenvalue weighted by Crippen LogP contribution is 2.23. The number of alkyl halides is 4. The highest BCUT2D eigenvalue weighted by Gasteiger charge is 2.18. The van der Waals surface area contributed by atoms with Crippen molar-refractivity contribution in [2.24, 2.45) is 0 Å². The molecule has 0 fully saturated rings. The van der Waals surface area contributed by atoms with Crippen LogP contribution < -0.4 is 4.74 Å². The SMILES string of the molecule is COC(=O)c1cc(OC(F)F)nc(C(F)F)c1. The second-order valence-corrected chi connectivity index (χ2v) is 2.79. The molecular formula is C9H7F4NO3. The van der Waals surface area contributed by atoms with Crippen LogP contribution in [0.2, 0.25) is 0 Å². The summed E-state index contributed by atoms with van der Waals surface area (Å²) in [5.41, 5.74) is -1.18. The Morgan fingerprint density at radius 2 is 1.94 bits per heavy atom. The predicted molar refractivity (Wildman–Crippen MR) is 47.2 cm³/mol. The minimum atomic E-state index is -3.22. The lowest BCUT2D eigenvalue weighted by molar-refractivity contribution is -0.0533. The van der Waals surface area contributed by atoms with Crippen LogP contribution in [0.5, 0.6) is 5.88 Å². The molecule has 8 heteroatoms. The van der Waals surface area contributed by atoms with Gasteiger partial charge in [-0.15, -0.1) is 0 Å². The van der Waals surface area contributed by atoms with E-state index < -0.39 is 30.6 Å². The van der Waals surface area contributed by atoms with E-state index in [0.29, 0.717) is 0 Å². The van der Waals surface area contributed by atoms with Crippen molar-refractivity contribution >= 4 is 5.97 Å². The van der Waals surface area contributed by atoms with Gasteiger partial charge in [-0.2, -0.15) is 8.78 Å². The highest BCUT2D eigenvalue weighted by molar-refractivity contribution is 5.89. The Labute approximate surface area is 93.2 Å². The molecule has 0 atom stereocenters. The number of halogens is 4. The Bertz CT molecular complexity index is 411. The van der Waals surface area contributed by atoms with Gasteiger partial charge in [-0.05, 0) is 6.07 Å². The first-order valence-electron chi connectivity index (χ1n) is 4.27. The van der Waals surface area contributed by atoms with Crippen molar-refractivity contribution in [3.8, 4) is 5.88 Å². The fourth-order valence-corrected chi connectivity index (χ4v) is 1.02. The van der Waals surface area contributed by atoms with Gasteiger partial charge in [-0.25, -0.2) is 18.6 Å².